The van der Waals surface area contributed by atoms with Crippen molar-refractivity contribution in [3.05, 3.63) is 0 Å². The molecule has 0 saturated carbocycles. The van der Waals surface area contributed by atoms with Crippen molar-refractivity contribution in [1.82, 2.24) is 0 Å². The minimum absolute atomic E-state index is 0. The molecule has 0 spiro atoms. The summed E-state index contributed by atoms with van der Waals surface area (Å²) < 4.78 is 32.0. The Morgan fingerprint density at radius 3 is 1.71 bits per heavy atom. The van der Waals surface area contributed by atoms with Crippen LogP contribution >= 0.6 is 0 Å². The maximum atomic E-state index is 11.3. The molecule has 0 N–H and O–H groups in total. The minimum Gasteiger partial charge on any atom is -1.00 e. The van der Waals surface area contributed by atoms with E-state index in [0.717, 1.165) is 19.3 Å². The molecule has 21 heavy (non-hydrogen) atoms. The largest absolute Gasteiger partial charge is 1.00 e. The second-order valence-electron chi connectivity index (χ2n) is 5.56. The van der Waals surface area contributed by atoms with Gasteiger partial charge in [-0.05, 0) is 20.3 Å². The second kappa shape index (κ2) is 15.8. The minimum atomic E-state index is -3.79. The van der Waals surface area contributed by atoms with Gasteiger partial charge >= 0.3 is 40.0 Å². The van der Waals surface area contributed by atoms with Crippen LogP contribution in [0.15, 0.2) is 0 Å². The Labute approximate surface area is 155 Å². The molecule has 0 heterocycles. The quantitative estimate of drug-likeness (QED) is 0.359. The zero-order valence-electron chi connectivity index (χ0n) is 15.4. The van der Waals surface area contributed by atoms with Crippen LogP contribution in [0, 0.1) is 0 Å². The maximum Gasteiger partial charge on any atom is 1.00 e. The van der Waals surface area contributed by atoms with Crippen LogP contribution < -0.4 is 29.6 Å². The second-order valence-corrected chi connectivity index (χ2v) is 6.80. The van der Waals surface area contributed by atoms with Crippen LogP contribution in [0.4, 0.5) is 0 Å². The van der Waals surface area contributed by atoms with Gasteiger partial charge in [0, 0.05) is 0 Å². The number of hydrogen-bond donors (Lipinski definition) is 0. The Balaban J connectivity index is -0.00000180. The molecule has 0 aliphatic rings. The molecular formula is C15H33NaO4S. The predicted molar refractivity (Wildman–Crippen MR) is 84.0 cm³/mol. The number of unbranched alkanes of at least 4 members (excludes halogenated alkanes) is 9. The summed E-state index contributed by atoms with van der Waals surface area (Å²) in [6, 6.07) is 0. The Morgan fingerprint density at radius 2 is 1.29 bits per heavy atom. The average molecular weight is 332 g/mol. The molecule has 0 aromatic rings. The van der Waals surface area contributed by atoms with E-state index in [0.29, 0.717) is 0 Å². The zero-order valence-corrected chi connectivity index (χ0v) is 17.2. The summed E-state index contributed by atoms with van der Waals surface area (Å²) in [5.41, 5.74) is 0. The summed E-state index contributed by atoms with van der Waals surface area (Å²) in [5, 5.41) is 0. The summed E-state index contributed by atoms with van der Waals surface area (Å²) >= 11 is 0. The molecule has 0 radical (unpaired) electrons. The topological polar surface area (TPSA) is 52.6 Å². The van der Waals surface area contributed by atoms with Gasteiger partial charge in [0.05, 0.1) is 12.7 Å². The first-order valence-electron chi connectivity index (χ1n) is 8.05. The molecule has 6 heteroatoms. The van der Waals surface area contributed by atoms with E-state index in [2.05, 4.69) is 11.1 Å². The van der Waals surface area contributed by atoms with E-state index in [9.17, 15) is 8.42 Å². The number of rotatable bonds is 14. The van der Waals surface area contributed by atoms with Gasteiger partial charge in [-0.25, -0.2) is 8.37 Å². The van der Waals surface area contributed by atoms with Crippen LogP contribution in [0.2, 0.25) is 0 Å². The monoisotopic (exact) mass is 332 g/mol. The van der Waals surface area contributed by atoms with Crippen molar-refractivity contribution in [2.45, 2.75) is 91.1 Å². The molecule has 0 aliphatic carbocycles. The summed E-state index contributed by atoms with van der Waals surface area (Å²) in [5.74, 6) is 0. The summed E-state index contributed by atoms with van der Waals surface area (Å²) in [6.07, 6.45) is 11.8. The molecular weight excluding hydrogens is 299 g/mol. The van der Waals surface area contributed by atoms with E-state index in [-0.39, 0.29) is 43.7 Å². The Morgan fingerprint density at radius 1 is 0.857 bits per heavy atom. The van der Waals surface area contributed by atoms with E-state index >= 15 is 0 Å². The first kappa shape index (κ1) is 24.1. The van der Waals surface area contributed by atoms with Crippen molar-refractivity contribution in [2.75, 3.05) is 6.61 Å². The van der Waals surface area contributed by atoms with Crippen LogP contribution in [0.3, 0.4) is 0 Å². The van der Waals surface area contributed by atoms with E-state index in [1.54, 1.807) is 13.8 Å². The fourth-order valence-electron chi connectivity index (χ4n) is 2.01. The van der Waals surface area contributed by atoms with Crippen LogP contribution in [0.25, 0.3) is 0 Å². The van der Waals surface area contributed by atoms with Crippen molar-refractivity contribution < 1.29 is 47.8 Å². The van der Waals surface area contributed by atoms with Crippen molar-refractivity contribution in [3.63, 3.8) is 0 Å². The summed E-state index contributed by atoms with van der Waals surface area (Å²) in [4.78, 5) is 0. The van der Waals surface area contributed by atoms with Crippen LogP contribution in [0.5, 0.6) is 0 Å². The maximum absolute atomic E-state index is 11.3. The van der Waals surface area contributed by atoms with Gasteiger partial charge in [-0.3, -0.25) is 0 Å². The van der Waals surface area contributed by atoms with Gasteiger partial charge in [-0.1, -0.05) is 64.7 Å². The van der Waals surface area contributed by atoms with E-state index < -0.39 is 10.4 Å². The van der Waals surface area contributed by atoms with Crippen LogP contribution in [0.1, 0.15) is 86.4 Å². The average Bonchev–Trinajstić information content (AvgIpc) is 2.34. The molecule has 0 saturated heterocycles. The molecule has 0 aliphatic heterocycles. The van der Waals surface area contributed by atoms with Gasteiger partial charge in [0.2, 0.25) is 0 Å². The van der Waals surface area contributed by atoms with Gasteiger partial charge in [0.1, 0.15) is 0 Å². The Hall–Kier alpha value is 0.870. The van der Waals surface area contributed by atoms with Crippen molar-refractivity contribution in [1.29, 1.82) is 0 Å². The SMILES string of the molecule is CCCCCCCCCCCCOS(=O)(=O)OC(C)C.[H-].[Na+]. The molecule has 124 valence electrons. The van der Waals surface area contributed by atoms with Gasteiger partial charge in [-0.2, -0.15) is 8.42 Å². The first-order valence-corrected chi connectivity index (χ1v) is 9.39. The Kier molecular flexibility index (Phi) is 18.1. The third-order valence-electron chi connectivity index (χ3n) is 3.04. The predicted octanol–water partition coefficient (Wildman–Crippen LogP) is 1.71. The van der Waals surface area contributed by atoms with Gasteiger partial charge in [0.25, 0.3) is 0 Å². The number of hydrogen-bond acceptors (Lipinski definition) is 4. The zero-order chi connectivity index (χ0) is 15.3. The van der Waals surface area contributed by atoms with Crippen molar-refractivity contribution >= 4 is 10.4 Å². The third kappa shape index (κ3) is 18.8. The van der Waals surface area contributed by atoms with Gasteiger partial charge in [-0.15, -0.1) is 0 Å². The molecule has 4 nitrogen and oxygen atoms in total. The van der Waals surface area contributed by atoms with E-state index in [1.807, 2.05) is 0 Å². The van der Waals surface area contributed by atoms with Crippen LogP contribution in [-0.2, 0) is 18.8 Å². The van der Waals surface area contributed by atoms with Gasteiger partial charge < -0.3 is 1.43 Å². The molecule has 0 unspecified atom stereocenters. The normalized spacial score (nSPS) is 11.6. The van der Waals surface area contributed by atoms with Gasteiger partial charge in [0.15, 0.2) is 0 Å². The van der Waals surface area contributed by atoms with Crippen molar-refractivity contribution in [3.8, 4) is 0 Å². The molecule has 0 rings (SSSR count). The molecule has 0 fully saturated rings. The van der Waals surface area contributed by atoms with Crippen LogP contribution in [-0.4, -0.2) is 21.1 Å². The fourth-order valence-corrected chi connectivity index (χ4v) is 2.86. The molecule has 0 aromatic heterocycles. The summed E-state index contributed by atoms with van der Waals surface area (Å²) in [6.45, 7) is 5.79. The standard InChI is InChI=1S/C15H32O4S.Na.H/c1-4-5-6-7-8-9-10-11-12-13-14-18-20(16,17)19-15(2)3;;/h15H,4-14H2,1-3H3;;/q;+1;-1. The van der Waals surface area contributed by atoms with E-state index in [1.165, 1.54) is 44.9 Å². The van der Waals surface area contributed by atoms with Crippen molar-refractivity contribution in [2.24, 2.45) is 0 Å². The smallest absolute Gasteiger partial charge is 1.00 e. The summed E-state index contributed by atoms with van der Waals surface area (Å²) in [7, 11) is -3.79. The Bertz CT molecular complexity index is 311. The third-order valence-corrected chi connectivity index (χ3v) is 4.11. The molecule has 0 aromatic carbocycles. The fraction of sp³-hybridized carbons (Fsp3) is 1.00. The molecule has 0 amide bonds. The van der Waals surface area contributed by atoms with E-state index in [4.69, 9.17) is 4.18 Å². The molecule has 0 atom stereocenters. The first-order chi connectivity index (χ1) is 9.48. The molecule has 0 bridgehead atoms.